The van der Waals surface area contributed by atoms with Gasteiger partial charge >= 0.3 is 0 Å². The number of methoxy groups -OCH3 is 1. The number of hydrogen-bond acceptors (Lipinski definition) is 4. The predicted molar refractivity (Wildman–Crippen MR) is 63.6 cm³/mol. The van der Waals surface area contributed by atoms with Crippen molar-refractivity contribution in [2.45, 2.75) is 18.9 Å². The summed E-state index contributed by atoms with van der Waals surface area (Å²) in [5.41, 5.74) is 0.103. The molecule has 16 heavy (non-hydrogen) atoms. The molecule has 0 aromatic rings. The fraction of sp³-hybridized carbons (Fsp3) is 1.00. The van der Waals surface area contributed by atoms with E-state index in [4.69, 9.17) is 9.47 Å². The maximum Gasteiger partial charge on any atom is 0.0902 e. The van der Waals surface area contributed by atoms with Gasteiger partial charge < -0.3 is 19.7 Å². The lowest BCUT2D eigenvalue weighted by Crippen LogP contribution is -2.59. The lowest BCUT2D eigenvalue weighted by molar-refractivity contribution is -0.0712. The summed E-state index contributed by atoms with van der Waals surface area (Å²) in [6.45, 7) is 9.38. The maximum atomic E-state index is 5.89. The van der Waals surface area contributed by atoms with E-state index in [2.05, 4.69) is 17.1 Å². The van der Waals surface area contributed by atoms with Crippen molar-refractivity contribution in [3.63, 3.8) is 0 Å². The molecule has 0 aliphatic carbocycles. The average molecular weight is 228 g/mol. The summed E-state index contributed by atoms with van der Waals surface area (Å²) in [6.07, 6.45) is 1.27. The zero-order valence-electron chi connectivity index (χ0n) is 10.5. The van der Waals surface area contributed by atoms with Crippen molar-refractivity contribution in [2.24, 2.45) is 5.92 Å². The molecule has 2 fully saturated rings. The van der Waals surface area contributed by atoms with Crippen LogP contribution in [0.25, 0.3) is 0 Å². The highest BCUT2D eigenvalue weighted by Gasteiger charge is 2.32. The van der Waals surface area contributed by atoms with E-state index in [1.807, 2.05) is 0 Å². The van der Waals surface area contributed by atoms with Crippen LogP contribution in [0.15, 0.2) is 0 Å². The number of hydrogen-bond donors (Lipinski definition) is 1. The van der Waals surface area contributed by atoms with Gasteiger partial charge in [0.2, 0.25) is 0 Å². The molecule has 2 aliphatic rings. The minimum atomic E-state index is 0.103. The Bertz CT molecular complexity index is 219. The van der Waals surface area contributed by atoms with Crippen LogP contribution in [0.3, 0.4) is 0 Å². The topological polar surface area (TPSA) is 33.7 Å². The van der Waals surface area contributed by atoms with Crippen molar-refractivity contribution in [1.82, 2.24) is 10.2 Å². The molecule has 2 aliphatic heterocycles. The Labute approximate surface area is 98.3 Å². The summed E-state index contributed by atoms with van der Waals surface area (Å²) >= 11 is 0. The van der Waals surface area contributed by atoms with Crippen LogP contribution in [0.5, 0.6) is 0 Å². The van der Waals surface area contributed by atoms with Crippen LogP contribution in [-0.4, -0.2) is 63.5 Å². The lowest BCUT2D eigenvalue weighted by atomic mass is 10.0. The second kappa shape index (κ2) is 5.45. The first-order valence-corrected chi connectivity index (χ1v) is 6.28. The molecule has 1 unspecified atom stereocenters. The largest absolute Gasteiger partial charge is 0.384 e. The molecule has 2 heterocycles. The van der Waals surface area contributed by atoms with Crippen molar-refractivity contribution < 1.29 is 9.47 Å². The van der Waals surface area contributed by atoms with E-state index < -0.39 is 0 Å². The third-order valence-corrected chi connectivity index (χ3v) is 3.63. The number of ether oxygens (including phenoxy) is 2. The van der Waals surface area contributed by atoms with E-state index in [9.17, 15) is 0 Å². The van der Waals surface area contributed by atoms with Gasteiger partial charge in [-0.25, -0.2) is 0 Å². The Hall–Kier alpha value is -0.160. The van der Waals surface area contributed by atoms with E-state index in [0.717, 1.165) is 38.8 Å². The zero-order chi connectivity index (χ0) is 11.4. The van der Waals surface area contributed by atoms with Crippen LogP contribution in [-0.2, 0) is 9.47 Å². The highest BCUT2D eigenvalue weighted by Crippen LogP contribution is 2.18. The molecule has 94 valence electrons. The third-order valence-electron chi connectivity index (χ3n) is 3.63. The quantitative estimate of drug-likeness (QED) is 0.710. The van der Waals surface area contributed by atoms with Gasteiger partial charge in [0.15, 0.2) is 0 Å². The van der Waals surface area contributed by atoms with E-state index in [1.165, 1.54) is 19.5 Å². The highest BCUT2D eigenvalue weighted by atomic mass is 16.5. The van der Waals surface area contributed by atoms with Crippen LogP contribution >= 0.6 is 0 Å². The van der Waals surface area contributed by atoms with Crippen LogP contribution < -0.4 is 5.32 Å². The molecular weight excluding hydrogens is 204 g/mol. The average Bonchev–Trinajstić information content (AvgIpc) is 2.64. The SMILES string of the molecule is COCC1CCN(CCOC2(C)CNC2)C1. The van der Waals surface area contributed by atoms with Gasteiger partial charge in [-0.3, -0.25) is 0 Å². The van der Waals surface area contributed by atoms with Crippen molar-refractivity contribution in [2.75, 3.05) is 53.0 Å². The summed E-state index contributed by atoms with van der Waals surface area (Å²) in [4.78, 5) is 2.49. The standard InChI is InChI=1S/C12H24N2O2/c1-12(9-13-10-12)16-6-5-14-4-3-11(7-14)8-15-2/h11,13H,3-10H2,1-2H3. The molecule has 1 N–H and O–H groups in total. The first-order valence-electron chi connectivity index (χ1n) is 6.28. The van der Waals surface area contributed by atoms with Crippen LogP contribution in [0.1, 0.15) is 13.3 Å². The smallest absolute Gasteiger partial charge is 0.0902 e. The molecule has 4 nitrogen and oxygen atoms in total. The number of likely N-dealkylation sites (tertiary alicyclic amines) is 1. The number of nitrogens with zero attached hydrogens (tertiary/aromatic N) is 1. The van der Waals surface area contributed by atoms with Gasteiger partial charge in [-0.05, 0) is 25.8 Å². The normalized spacial score (nSPS) is 29.2. The highest BCUT2D eigenvalue weighted by molar-refractivity contribution is 4.90. The summed E-state index contributed by atoms with van der Waals surface area (Å²) in [7, 11) is 1.79. The van der Waals surface area contributed by atoms with Gasteiger partial charge in [0.05, 0.1) is 18.8 Å². The summed E-state index contributed by atoms with van der Waals surface area (Å²) < 4.78 is 11.1. The molecule has 0 aromatic carbocycles. The first kappa shape index (κ1) is 12.3. The van der Waals surface area contributed by atoms with Crippen LogP contribution in [0.2, 0.25) is 0 Å². The van der Waals surface area contributed by atoms with Gasteiger partial charge in [-0.15, -0.1) is 0 Å². The predicted octanol–water partition coefficient (Wildman–Crippen LogP) is 0.333. The van der Waals surface area contributed by atoms with E-state index >= 15 is 0 Å². The van der Waals surface area contributed by atoms with Gasteiger partial charge in [0.1, 0.15) is 0 Å². The van der Waals surface area contributed by atoms with E-state index in [-0.39, 0.29) is 5.60 Å². The molecule has 0 radical (unpaired) electrons. The fourth-order valence-corrected chi connectivity index (χ4v) is 2.49. The summed E-state index contributed by atoms with van der Waals surface area (Å²) in [5.74, 6) is 0.728. The van der Waals surface area contributed by atoms with E-state index in [1.54, 1.807) is 7.11 Å². The Morgan fingerprint density at radius 3 is 2.88 bits per heavy atom. The van der Waals surface area contributed by atoms with Gasteiger partial charge in [-0.2, -0.15) is 0 Å². The van der Waals surface area contributed by atoms with E-state index in [0.29, 0.717) is 0 Å². The zero-order valence-corrected chi connectivity index (χ0v) is 10.5. The Morgan fingerprint density at radius 1 is 1.44 bits per heavy atom. The van der Waals surface area contributed by atoms with Crippen LogP contribution in [0.4, 0.5) is 0 Å². The second-order valence-electron chi connectivity index (χ2n) is 5.31. The Kier molecular flexibility index (Phi) is 4.19. The molecule has 0 amide bonds. The molecule has 4 heteroatoms. The second-order valence-corrected chi connectivity index (χ2v) is 5.31. The van der Waals surface area contributed by atoms with Crippen molar-refractivity contribution in [3.05, 3.63) is 0 Å². The minimum absolute atomic E-state index is 0.103. The lowest BCUT2D eigenvalue weighted by Gasteiger charge is -2.39. The maximum absolute atomic E-state index is 5.89. The molecule has 0 aromatic heterocycles. The van der Waals surface area contributed by atoms with Gasteiger partial charge in [0, 0.05) is 33.3 Å². The molecule has 1 atom stereocenters. The van der Waals surface area contributed by atoms with Gasteiger partial charge in [-0.1, -0.05) is 0 Å². The summed E-state index contributed by atoms with van der Waals surface area (Å²) in [6, 6.07) is 0. The molecule has 0 spiro atoms. The van der Waals surface area contributed by atoms with Crippen LogP contribution in [0, 0.1) is 5.92 Å². The Morgan fingerprint density at radius 2 is 2.25 bits per heavy atom. The number of rotatable bonds is 6. The summed E-state index contributed by atoms with van der Waals surface area (Å²) in [5, 5.41) is 3.25. The Balaban J connectivity index is 1.57. The molecule has 0 bridgehead atoms. The molecule has 2 rings (SSSR count). The molecule has 0 saturated carbocycles. The van der Waals surface area contributed by atoms with Crippen molar-refractivity contribution in [3.8, 4) is 0 Å². The molecular formula is C12H24N2O2. The monoisotopic (exact) mass is 228 g/mol. The fourth-order valence-electron chi connectivity index (χ4n) is 2.49. The van der Waals surface area contributed by atoms with Crippen molar-refractivity contribution >= 4 is 0 Å². The molecule has 2 saturated heterocycles. The minimum Gasteiger partial charge on any atom is -0.384 e. The van der Waals surface area contributed by atoms with Crippen molar-refractivity contribution in [1.29, 1.82) is 0 Å². The third kappa shape index (κ3) is 3.17. The van der Waals surface area contributed by atoms with Gasteiger partial charge in [0.25, 0.3) is 0 Å². The number of nitrogens with one attached hydrogen (secondary N) is 1. The first-order chi connectivity index (χ1) is 7.72.